The SMILES string of the molecule is CC(=O)N/C=C/SC1=C(C(=O)[O-])N2C(=O)[C@@H]([C@H](C)OS(=O)(=O)[O-])[C@H]2C1. The second-order valence-electron chi connectivity index (χ2n) is 5.40. The van der Waals surface area contributed by atoms with Crippen LogP contribution in [0.3, 0.4) is 0 Å². The monoisotopic (exact) mass is 390 g/mol. The lowest BCUT2D eigenvalue weighted by atomic mass is 9.83. The first-order valence-electron chi connectivity index (χ1n) is 7.03. The minimum atomic E-state index is -4.99. The van der Waals surface area contributed by atoms with Gasteiger partial charge in [0.2, 0.25) is 22.2 Å². The predicted octanol–water partition coefficient (Wildman–Crippen LogP) is -1.62. The minimum absolute atomic E-state index is 0.140. The summed E-state index contributed by atoms with van der Waals surface area (Å²) in [7, 11) is -4.99. The Kier molecular flexibility index (Phi) is 5.56. The first kappa shape index (κ1) is 19.4. The molecule has 1 saturated heterocycles. The Hall–Kier alpha value is -1.89. The van der Waals surface area contributed by atoms with Crippen molar-refractivity contribution in [2.24, 2.45) is 5.92 Å². The Labute approximate surface area is 147 Å². The van der Waals surface area contributed by atoms with E-state index in [0.717, 1.165) is 16.7 Å². The molecule has 12 heteroatoms. The van der Waals surface area contributed by atoms with Crippen LogP contribution in [0.25, 0.3) is 0 Å². The number of nitrogens with zero attached hydrogens (tertiary/aromatic N) is 1. The van der Waals surface area contributed by atoms with Crippen LogP contribution in [0, 0.1) is 5.92 Å². The molecule has 0 unspecified atom stereocenters. The molecule has 0 radical (unpaired) electrons. The number of carboxylic acid groups (broad SMARTS) is 1. The summed E-state index contributed by atoms with van der Waals surface area (Å²) >= 11 is 0.988. The summed E-state index contributed by atoms with van der Waals surface area (Å²) < 4.78 is 36.4. The average molecular weight is 390 g/mol. The molecule has 2 aliphatic heterocycles. The number of carboxylic acids is 1. The number of amides is 2. The number of carbonyl (C=O) groups excluding carboxylic acids is 3. The molecule has 2 heterocycles. The summed E-state index contributed by atoms with van der Waals surface area (Å²) in [5, 5.41) is 15.2. The van der Waals surface area contributed by atoms with Gasteiger partial charge in [-0.15, -0.1) is 0 Å². The fourth-order valence-corrected chi connectivity index (χ4v) is 4.18. The van der Waals surface area contributed by atoms with Crippen LogP contribution in [0.1, 0.15) is 20.3 Å². The molecule has 2 amide bonds. The van der Waals surface area contributed by atoms with Gasteiger partial charge in [-0.1, -0.05) is 11.8 Å². The number of nitrogens with one attached hydrogen (secondary N) is 1. The lowest BCUT2D eigenvalue weighted by Gasteiger charge is -2.46. The van der Waals surface area contributed by atoms with E-state index in [-0.39, 0.29) is 18.0 Å². The molecule has 0 saturated carbocycles. The van der Waals surface area contributed by atoms with Gasteiger partial charge in [-0.3, -0.25) is 13.8 Å². The van der Waals surface area contributed by atoms with Crippen molar-refractivity contribution in [2.45, 2.75) is 32.4 Å². The molecule has 10 nitrogen and oxygen atoms in total. The van der Waals surface area contributed by atoms with E-state index < -0.39 is 40.3 Å². The second-order valence-corrected chi connectivity index (χ2v) is 7.41. The number of thioether (sulfide) groups is 1. The van der Waals surface area contributed by atoms with E-state index in [1.807, 2.05) is 0 Å². The maximum absolute atomic E-state index is 12.2. The van der Waals surface area contributed by atoms with E-state index >= 15 is 0 Å². The Morgan fingerprint density at radius 3 is 2.64 bits per heavy atom. The first-order chi connectivity index (χ1) is 11.5. The predicted molar refractivity (Wildman–Crippen MR) is 81.6 cm³/mol. The maximum Gasteiger partial charge on any atom is 0.235 e. The normalized spacial score (nSPS) is 24.3. The molecule has 0 aromatic heterocycles. The van der Waals surface area contributed by atoms with Gasteiger partial charge in [-0.2, -0.15) is 0 Å². The molecule has 1 N–H and O–H groups in total. The number of fused-ring (bicyclic) bond motifs is 1. The third kappa shape index (κ3) is 4.21. The van der Waals surface area contributed by atoms with E-state index in [9.17, 15) is 32.5 Å². The lowest BCUT2D eigenvalue weighted by molar-refractivity contribution is -0.301. The number of aliphatic carboxylic acids is 1. The molecule has 0 spiro atoms. The molecule has 2 aliphatic rings. The summed E-state index contributed by atoms with van der Waals surface area (Å²) in [6.07, 6.45) is 0.248. The zero-order valence-electron chi connectivity index (χ0n) is 13.1. The quantitative estimate of drug-likeness (QED) is 0.307. The third-order valence-corrected chi connectivity index (χ3v) is 5.16. The number of rotatable bonds is 7. The van der Waals surface area contributed by atoms with Gasteiger partial charge >= 0.3 is 0 Å². The van der Waals surface area contributed by atoms with Gasteiger partial charge in [0.25, 0.3) is 0 Å². The molecule has 1 fully saturated rings. The second kappa shape index (κ2) is 7.15. The van der Waals surface area contributed by atoms with Crippen LogP contribution in [0.4, 0.5) is 0 Å². The van der Waals surface area contributed by atoms with Crippen molar-refractivity contribution in [3.8, 4) is 0 Å². The third-order valence-electron chi connectivity index (χ3n) is 3.70. The van der Waals surface area contributed by atoms with E-state index in [2.05, 4.69) is 9.50 Å². The van der Waals surface area contributed by atoms with Gasteiger partial charge in [0.05, 0.1) is 29.7 Å². The van der Waals surface area contributed by atoms with Crippen molar-refractivity contribution in [3.63, 3.8) is 0 Å². The molecule has 3 atom stereocenters. The van der Waals surface area contributed by atoms with Crippen LogP contribution in [0.15, 0.2) is 22.2 Å². The van der Waals surface area contributed by atoms with Gasteiger partial charge in [0.1, 0.15) is 0 Å². The molecular weight excluding hydrogens is 376 g/mol. The Morgan fingerprint density at radius 1 is 1.48 bits per heavy atom. The Morgan fingerprint density at radius 2 is 2.12 bits per heavy atom. The maximum atomic E-state index is 12.2. The Bertz CT molecular complexity index is 773. The molecule has 0 aromatic rings. The van der Waals surface area contributed by atoms with Crippen LogP contribution >= 0.6 is 11.8 Å². The molecule has 0 aromatic carbocycles. The highest BCUT2D eigenvalue weighted by Gasteiger charge is 2.56. The van der Waals surface area contributed by atoms with E-state index in [1.54, 1.807) is 0 Å². The summed E-state index contributed by atoms with van der Waals surface area (Å²) in [5.41, 5.74) is -0.305. The van der Waals surface area contributed by atoms with Crippen molar-refractivity contribution in [3.05, 3.63) is 22.2 Å². The zero-order chi connectivity index (χ0) is 18.9. The Balaban J connectivity index is 2.14. The average Bonchev–Trinajstić information content (AvgIpc) is 2.76. The molecular formula is C13H14N2O8S2-2. The van der Waals surface area contributed by atoms with Crippen LogP contribution in [0.5, 0.6) is 0 Å². The largest absolute Gasteiger partial charge is 0.726 e. The van der Waals surface area contributed by atoms with Gasteiger partial charge in [-0.25, -0.2) is 8.42 Å². The fourth-order valence-electron chi connectivity index (χ4n) is 2.83. The lowest BCUT2D eigenvalue weighted by Crippen LogP contribution is -2.63. The molecule has 0 aliphatic carbocycles. The van der Waals surface area contributed by atoms with Crippen LogP contribution < -0.4 is 10.4 Å². The number of hydrogen-bond acceptors (Lipinski definition) is 9. The van der Waals surface area contributed by atoms with Crippen molar-refractivity contribution in [1.82, 2.24) is 10.2 Å². The van der Waals surface area contributed by atoms with Crippen molar-refractivity contribution < 1.29 is 36.6 Å². The van der Waals surface area contributed by atoms with E-state index in [4.69, 9.17) is 0 Å². The fraction of sp³-hybridized carbons (Fsp3) is 0.462. The van der Waals surface area contributed by atoms with Crippen LogP contribution in [-0.4, -0.2) is 47.8 Å². The summed E-state index contributed by atoms with van der Waals surface area (Å²) in [5.74, 6) is -3.45. The number of hydrogen-bond donors (Lipinski definition) is 1. The van der Waals surface area contributed by atoms with Crippen LogP contribution in [-0.2, 0) is 29.0 Å². The van der Waals surface area contributed by atoms with E-state index in [1.165, 1.54) is 25.5 Å². The van der Waals surface area contributed by atoms with Gasteiger partial charge in [0.15, 0.2) is 0 Å². The van der Waals surface area contributed by atoms with Gasteiger partial charge in [-0.05, 0) is 12.3 Å². The zero-order valence-corrected chi connectivity index (χ0v) is 14.8. The number of β-lactam (4-membered cyclic amide) rings is 1. The van der Waals surface area contributed by atoms with Crippen molar-refractivity contribution in [2.75, 3.05) is 0 Å². The summed E-state index contributed by atoms with van der Waals surface area (Å²) in [6.45, 7) is 2.56. The topological polar surface area (TPSA) is 156 Å². The first-order valence-corrected chi connectivity index (χ1v) is 9.24. The highest BCUT2D eigenvalue weighted by Crippen LogP contribution is 2.47. The standard InChI is InChI=1S/C13H16N2O8S2/c1-6(23-25(20,21)22)10-8-5-9(24-4-3-14-7(2)16)11(13(18)19)15(8)12(10)17/h3-4,6,8,10H,5H2,1-2H3,(H,14,16)(H,18,19)(H,20,21,22)/p-2/b4-3+/t6-,8+,10-/m0/s1. The van der Waals surface area contributed by atoms with Gasteiger partial charge in [0, 0.05) is 24.4 Å². The molecule has 2 rings (SSSR count). The summed E-state index contributed by atoms with van der Waals surface area (Å²) in [4.78, 5) is 35.6. The van der Waals surface area contributed by atoms with Crippen molar-refractivity contribution in [1.29, 1.82) is 0 Å². The van der Waals surface area contributed by atoms with Crippen LogP contribution in [0.2, 0.25) is 0 Å². The molecule has 138 valence electrons. The van der Waals surface area contributed by atoms with E-state index in [0.29, 0.717) is 4.91 Å². The summed E-state index contributed by atoms with van der Waals surface area (Å²) in [6, 6.07) is -0.631. The minimum Gasteiger partial charge on any atom is -0.726 e. The highest BCUT2D eigenvalue weighted by atomic mass is 32.3. The molecule has 25 heavy (non-hydrogen) atoms. The molecule has 0 bridgehead atoms. The smallest absolute Gasteiger partial charge is 0.235 e. The number of carbonyl (C=O) groups is 3. The highest BCUT2D eigenvalue weighted by molar-refractivity contribution is 8.05. The van der Waals surface area contributed by atoms with Gasteiger partial charge < -0.3 is 24.7 Å². The van der Waals surface area contributed by atoms with Crippen molar-refractivity contribution >= 4 is 39.9 Å².